The average molecular weight is 321 g/mol. The number of nitrogens with one attached hydrogen (secondary N) is 1. The Morgan fingerprint density at radius 1 is 1.26 bits per heavy atom. The molecule has 1 unspecified atom stereocenters. The number of hydrogen-bond donors (Lipinski definition) is 3. The number of rotatable bonds is 7. The van der Waals surface area contributed by atoms with Crippen LogP contribution in [0.2, 0.25) is 0 Å². The highest BCUT2D eigenvalue weighted by Gasteiger charge is 2.26. The van der Waals surface area contributed by atoms with E-state index in [1.54, 1.807) is 0 Å². The first-order valence-corrected chi connectivity index (χ1v) is 6.92. The number of nitrogens with zero attached hydrogens (tertiary/aromatic N) is 1. The highest BCUT2D eigenvalue weighted by Crippen LogP contribution is 2.11. The molecule has 0 fully saturated rings. The van der Waals surface area contributed by atoms with E-state index in [0.29, 0.717) is 0 Å². The molecule has 1 atom stereocenters. The zero-order valence-corrected chi connectivity index (χ0v) is 12.9. The molecule has 23 heavy (non-hydrogen) atoms. The number of aliphatic carboxylic acids is 1. The fourth-order valence-electron chi connectivity index (χ4n) is 1.93. The van der Waals surface area contributed by atoms with Gasteiger partial charge in [-0.3, -0.25) is 14.4 Å². The molecule has 1 aromatic carbocycles. The van der Waals surface area contributed by atoms with E-state index in [1.165, 1.54) is 38.1 Å². The maximum atomic E-state index is 12.5. The monoisotopic (exact) mass is 321 g/mol. The van der Waals surface area contributed by atoms with Crippen molar-refractivity contribution in [1.82, 2.24) is 10.2 Å². The molecule has 0 aromatic heterocycles. The van der Waals surface area contributed by atoms with Crippen LogP contribution in [0.1, 0.15) is 34.6 Å². The normalized spacial score (nSPS) is 11.4. The third kappa shape index (κ3) is 5.10. The van der Waals surface area contributed by atoms with Crippen LogP contribution >= 0.6 is 0 Å². The molecule has 0 saturated carbocycles. The molecule has 3 amide bonds. The minimum Gasteiger partial charge on any atom is -0.480 e. The fraction of sp³-hybridized carbons (Fsp3) is 0.333. The van der Waals surface area contributed by atoms with E-state index in [4.69, 9.17) is 10.8 Å². The van der Waals surface area contributed by atoms with E-state index in [-0.39, 0.29) is 30.1 Å². The summed E-state index contributed by atoms with van der Waals surface area (Å²) in [5.41, 5.74) is 5.48. The Balaban J connectivity index is 3.02. The molecule has 8 nitrogen and oxygen atoms in total. The van der Waals surface area contributed by atoms with Crippen molar-refractivity contribution in [3.8, 4) is 0 Å². The molecule has 4 N–H and O–H groups in total. The standard InChI is InChI=1S/C15H19N3O5/c1-9(15(22)23)18(7-6-17-10(2)19)14(21)12-5-3-4-11(8-12)13(16)20/h3-5,8-9H,6-7H2,1-2H3,(H2,16,20)(H,17,19)(H,22,23). The van der Waals surface area contributed by atoms with Crippen LogP contribution in [-0.2, 0) is 9.59 Å². The van der Waals surface area contributed by atoms with Gasteiger partial charge in [-0.05, 0) is 25.1 Å². The SMILES string of the molecule is CC(=O)NCCN(C(=O)c1cccc(C(N)=O)c1)C(C)C(=O)O. The van der Waals surface area contributed by atoms with E-state index in [2.05, 4.69) is 5.32 Å². The molecule has 0 heterocycles. The summed E-state index contributed by atoms with van der Waals surface area (Å²) in [6.07, 6.45) is 0. The Kier molecular flexibility index (Phi) is 6.25. The van der Waals surface area contributed by atoms with Crippen LogP contribution in [0.4, 0.5) is 0 Å². The van der Waals surface area contributed by atoms with Crippen LogP contribution < -0.4 is 11.1 Å². The minimum absolute atomic E-state index is 0.0205. The quantitative estimate of drug-likeness (QED) is 0.642. The summed E-state index contributed by atoms with van der Waals surface area (Å²) in [6.45, 7) is 2.83. The summed E-state index contributed by atoms with van der Waals surface area (Å²) in [4.78, 5) is 46.9. The highest BCUT2D eigenvalue weighted by atomic mass is 16.4. The summed E-state index contributed by atoms with van der Waals surface area (Å²) in [6, 6.07) is 4.64. The van der Waals surface area contributed by atoms with Crippen LogP contribution in [0.15, 0.2) is 24.3 Å². The Morgan fingerprint density at radius 3 is 2.39 bits per heavy atom. The molecule has 0 aliphatic rings. The van der Waals surface area contributed by atoms with Gasteiger partial charge < -0.3 is 21.1 Å². The number of benzene rings is 1. The summed E-state index contributed by atoms with van der Waals surface area (Å²) in [7, 11) is 0. The summed E-state index contributed by atoms with van der Waals surface area (Å²) < 4.78 is 0. The van der Waals surface area contributed by atoms with Gasteiger partial charge in [0.25, 0.3) is 5.91 Å². The second-order valence-corrected chi connectivity index (χ2v) is 4.94. The molecular formula is C15H19N3O5. The number of primary amides is 1. The minimum atomic E-state index is -1.17. The lowest BCUT2D eigenvalue weighted by Gasteiger charge is -2.26. The van der Waals surface area contributed by atoms with Gasteiger partial charge >= 0.3 is 5.97 Å². The van der Waals surface area contributed by atoms with Gasteiger partial charge in [-0.2, -0.15) is 0 Å². The number of nitrogens with two attached hydrogens (primary N) is 1. The van der Waals surface area contributed by atoms with Crippen LogP contribution in [0.25, 0.3) is 0 Å². The molecular weight excluding hydrogens is 302 g/mol. The Bertz CT molecular complexity index is 629. The van der Waals surface area contributed by atoms with E-state index in [0.717, 1.165) is 4.90 Å². The van der Waals surface area contributed by atoms with Crippen LogP contribution in [0.3, 0.4) is 0 Å². The molecule has 8 heteroatoms. The van der Waals surface area contributed by atoms with Gasteiger partial charge in [-0.25, -0.2) is 4.79 Å². The van der Waals surface area contributed by atoms with Crippen molar-refractivity contribution in [1.29, 1.82) is 0 Å². The van der Waals surface area contributed by atoms with Crippen LogP contribution in [-0.4, -0.2) is 52.8 Å². The second kappa shape index (κ2) is 7.92. The number of hydrogen-bond acceptors (Lipinski definition) is 4. The molecule has 0 saturated heterocycles. The van der Waals surface area contributed by atoms with Gasteiger partial charge in [0.2, 0.25) is 11.8 Å². The summed E-state index contributed by atoms with van der Waals surface area (Å²) >= 11 is 0. The van der Waals surface area contributed by atoms with Crippen molar-refractivity contribution in [3.63, 3.8) is 0 Å². The maximum Gasteiger partial charge on any atom is 0.326 e. The zero-order chi connectivity index (χ0) is 17.6. The van der Waals surface area contributed by atoms with E-state index >= 15 is 0 Å². The van der Waals surface area contributed by atoms with Crippen molar-refractivity contribution in [3.05, 3.63) is 35.4 Å². The smallest absolute Gasteiger partial charge is 0.326 e. The van der Waals surface area contributed by atoms with E-state index < -0.39 is 23.8 Å². The first-order valence-electron chi connectivity index (χ1n) is 6.92. The van der Waals surface area contributed by atoms with Crippen molar-refractivity contribution in [2.24, 2.45) is 5.73 Å². The molecule has 0 aliphatic carbocycles. The lowest BCUT2D eigenvalue weighted by molar-refractivity contribution is -0.141. The van der Waals surface area contributed by atoms with Gasteiger partial charge in [0.05, 0.1) is 0 Å². The topological polar surface area (TPSA) is 130 Å². The highest BCUT2D eigenvalue weighted by molar-refractivity contribution is 6.00. The van der Waals surface area contributed by atoms with Gasteiger partial charge in [-0.15, -0.1) is 0 Å². The van der Waals surface area contributed by atoms with Crippen LogP contribution in [0.5, 0.6) is 0 Å². The van der Waals surface area contributed by atoms with Crippen molar-refractivity contribution in [2.75, 3.05) is 13.1 Å². The zero-order valence-electron chi connectivity index (χ0n) is 12.9. The second-order valence-electron chi connectivity index (χ2n) is 4.94. The fourth-order valence-corrected chi connectivity index (χ4v) is 1.93. The van der Waals surface area contributed by atoms with Crippen molar-refractivity contribution < 1.29 is 24.3 Å². The Hall–Kier alpha value is -2.90. The maximum absolute atomic E-state index is 12.5. The predicted molar refractivity (Wildman–Crippen MR) is 81.8 cm³/mol. The van der Waals surface area contributed by atoms with Gasteiger partial charge in [0.15, 0.2) is 0 Å². The number of carbonyl (C=O) groups is 4. The number of carbonyl (C=O) groups excluding carboxylic acids is 3. The largest absolute Gasteiger partial charge is 0.480 e. The third-order valence-corrected chi connectivity index (χ3v) is 3.21. The number of amides is 3. The molecule has 0 bridgehead atoms. The van der Waals surface area contributed by atoms with Gasteiger partial charge in [0, 0.05) is 31.1 Å². The van der Waals surface area contributed by atoms with E-state index in [9.17, 15) is 19.2 Å². The number of carboxylic acids is 1. The van der Waals surface area contributed by atoms with Gasteiger partial charge in [0.1, 0.15) is 6.04 Å². The predicted octanol–water partition coefficient (Wildman–Crippen LogP) is -0.163. The first-order chi connectivity index (χ1) is 10.7. The van der Waals surface area contributed by atoms with Crippen LogP contribution in [0, 0.1) is 0 Å². The van der Waals surface area contributed by atoms with E-state index in [1.807, 2.05) is 0 Å². The average Bonchev–Trinajstić information content (AvgIpc) is 2.50. The molecule has 124 valence electrons. The van der Waals surface area contributed by atoms with Gasteiger partial charge in [-0.1, -0.05) is 6.07 Å². The van der Waals surface area contributed by atoms with Crippen molar-refractivity contribution >= 4 is 23.7 Å². The van der Waals surface area contributed by atoms with Crippen molar-refractivity contribution in [2.45, 2.75) is 19.9 Å². The Morgan fingerprint density at radius 2 is 1.87 bits per heavy atom. The number of carboxylic acid groups (broad SMARTS) is 1. The lowest BCUT2D eigenvalue weighted by Crippen LogP contribution is -2.46. The molecule has 0 spiro atoms. The molecule has 0 radical (unpaired) electrons. The summed E-state index contributed by atoms with van der Waals surface area (Å²) in [5.74, 6) is -2.70. The summed E-state index contributed by atoms with van der Waals surface area (Å²) in [5, 5.41) is 11.7. The molecule has 1 rings (SSSR count). The first kappa shape index (κ1) is 18.1. The molecule has 0 aliphatic heterocycles. The lowest BCUT2D eigenvalue weighted by atomic mass is 10.1. The molecule has 1 aromatic rings. The Labute approximate surface area is 133 Å². The third-order valence-electron chi connectivity index (χ3n) is 3.21.